The Labute approximate surface area is 101 Å². The number of aliphatic carboxylic acids is 1. The Morgan fingerprint density at radius 2 is 1.82 bits per heavy atom. The van der Waals surface area contributed by atoms with Crippen molar-refractivity contribution in [3.05, 3.63) is 11.6 Å². The van der Waals surface area contributed by atoms with Crippen LogP contribution in [0.15, 0.2) is 11.6 Å². The molecule has 1 N–H and O–H groups in total. The van der Waals surface area contributed by atoms with Crippen LogP contribution in [0.25, 0.3) is 0 Å². The minimum absolute atomic E-state index is 0.0307. The van der Waals surface area contributed by atoms with E-state index in [1.54, 1.807) is 0 Å². The van der Waals surface area contributed by atoms with Crippen LogP contribution in [0.4, 0.5) is 0 Å². The number of piperidine rings is 1. The zero-order valence-electron chi connectivity index (χ0n) is 10.3. The van der Waals surface area contributed by atoms with Gasteiger partial charge in [-0.3, -0.25) is 4.79 Å². The standard InChI is InChI=1S/C13H19NO3/c1-8(2)13(17)14-10-3-4-11(14)6-9(5-10)7-12(15)16/h7-8,10-11H,3-6H2,1-2H3,(H,15,16). The molecule has 2 saturated heterocycles. The third-order valence-electron chi connectivity index (χ3n) is 3.69. The average molecular weight is 237 g/mol. The third-order valence-corrected chi connectivity index (χ3v) is 3.69. The summed E-state index contributed by atoms with van der Waals surface area (Å²) < 4.78 is 0. The lowest BCUT2D eigenvalue weighted by Gasteiger charge is -2.37. The summed E-state index contributed by atoms with van der Waals surface area (Å²) >= 11 is 0. The second-order valence-corrected chi connectivity index (χ2v) is 5.33. The monoisotopic (exact) mass is 237 g/mol. The van der Waals surface area contributed by atoms with E-state index in [1.807, 2.05) is 18.7 Å². The Bertz CT molecular complexity index is 357. The minimum Gasteiger partial charge on any atom is -0.478 e. The van der Waals surface area contributed by atoms with Gasteiger partial charge < -0.3 is 10.0 Å². The smallest absolute Gasteiger partial charge is 0.328 e. The van der Waals surface area contributed by atoms with Gasteiger partial charge in [-0.2, -0.15) is 0 Å². The van der Waals surface area contributed by atoms with Gasteiger partial charge in [0.15, 0.2) is 0 Å². The lowest BCUT2D eigenvalue weighted by atomic mass is 9.95. The molecular formula is C13H19NO3. The van der Waals surface area contributed by atoms with Gasteiger partial charge in [0.05, 0.1) is 0 Å². The van der Waals surface area contributed by atoms with Crippen LogP contribution in [0.5, 0.6) is 0 Å². The summed E-state index contributed by atoms with van der Waals surface area (Å²) in [5, 5.41) is 8.77. The molecule has 2 aliphatic heterocycles. The molecule has 2 rings (SSSR count). The van der Waals surface area contributed by atoms with E-state index in [0.717, 1.165) is 31.3 Å². The first-order chi connectivity index (χ1) is 7.99. The molecule has 2 fully saturated rings. The number of fused-ring (bicyclic) bond motifs is 2. The van der Waals surface area contributed by atoms with Crippen LogP contribution >= 0.6 is 0 Å². The van der Waals surface area contributed by atoms with E-state index in [9.17, 15) is 9.59 Å². The van der Waals surface area contributed by atoms with Crippen LogP contribution in [0.3, 0.4) is 0 Å². The van der Waals surface area contributed by atoms with Gasteiger partial charge in [0.25, 0.3) is 0 Å². The summed E-state index contributed by atoms with van der Waals surface area (Å²) in [6.07, 6.45) is 4.82. The fourth-order valence-electron chi connectivity index (χ4n) is 3.00. The number of hydrogen-bond donors (Lipinski definition) is 1. The Balaban J connectivity index is 2.13. The Hall–Kier alpha value is -1.32. The summed E-state index contributed by atoms with van der Waals surface area (Å²) in [5.41, 5.74) is 0.984. The molecule has 0 saturated carbocycles. The lowest BCUT2D eigenvalue weighted by molar-refractivity contribution is -0.138. The maximum absolute atomic E-state index is 12.1. The van der Waals surface area contributed by atoms with E-state index in [1.165, 1.54) is 6.08 Å². The zero-order chi connectivity index (χ0) is 12.6. The minimum atomic E-state index is -0.872. The highest BCUT2D eigenvalue weighted by molar-refractivity contribution is 5.82. The summed E-state index contributed by atoms with van der Waals surface area (Å²) in [5.74, 6) is -0.627. The largest absolute Gasteiger partial charge is 0.478 e. The van der Waals surface area contributed by atoms with Crippen molar-refractivity contribution in [1.29, 1.82) is 0 Å². The number of nitrogens with zero attached hydrogens (tertiary/aromatic N) is 1. The van der Waals surface area contributed by atoms with E-state index in [4.69, 9.17) is 5.11 Å². The number of hydrogen-bond acceptors (Lipinski definition) is 2. The van der Waals surface area contributed by atoms with Gasteiger partial charge in [-0.1, -0.05) is 19.4 Å². The predicted octanol–water partition coefficient (Wildman–Crippen LogP) is 1.81. The van der Waals surface area contributed by atoms with Crippen molar-refractivity contribution in [1.82, 2.24) is 4.90 Å². The van der Waals surface area contributed by atoms with E-state index in [2.05, 4.69) is 0 Å². The lowest BCUT2D eigenvalue weighted by Crippen LogP contribution is -2.46. The van der Waals surface area contributed by atoms with Crippen molar-refractivity contribution < 1.29 is 14.7 Å². The molecule has 4 nitrogen and oxygen atoms in total. The maximum atomic E-state index is 12.1. The van der Waals surface area contributed by atoms with Gasteiger partial charge in [-0.15, -0.1) is 0 Å². The zero-order valence-corrected chi connectivity index (χ0v) is 10.3. The second kappa shape index (κ2) is 4.51. The van der Waals surface area contributed by atoms with Crippen molar-refractivity contribution >= 4 is 11.9 Å². The number of carboxylic acid groups (broad SMARTS) is 1. The molecule has 2 heterocycles. The van der Waals surface area contributed by atoms with Gasteiger partial charge in [-0.25, -0.2) is 4.79 Å². The first-order valence-corrected chi connectivity index (χ1v) is 6.23. The van der Waals surface area contributed by atoms with Crippen LogP contribution in [-0.4, -0.2) is 34.0 Å². The molecule has 0 aromatic rings. The first kappa shape index (κ1) is 12.1. The van der Waals surface area contributed by atoms with Crippen LogP contribution in [0.2, 0.25) is 0 Å². The molecule has 1 amide bonds. The molecule has 0 aliphatic carbocycles. The van der Waals surface area contributed by atoms with Gasteiger partial charge in [-0.05, 0) is 25.7 Å². The topological polar surface area (TPSA) is 57.6 Å². The molecule has 4 heteroatoms. The fourth-order valence-corrected chi connectivity index (χ4v) is 3.00. The molecule has 2 aliphatic rings. The molecule has 2 unspecified atom stereocenters. The van der Waals surface area contributed by atoms with Crippen molar-refractivity contribution in [2.45, 2.75) is 51.6 Å². The Morgan fingerprint density at radius 1 is 1.29 bits per heavy atom. The fraction of sp³-hybridized carbons (Fsp3) is 0.692. The number of rotatable bonds is 2. The van der Waals surface area contributed by atoms with Crippen LogP contribution < -0.4 is 0 Å². The molecule has 2 bridgehead atoms. The van der Waals surface area contributed by atoms with Gasteiger partial charge >= 0.3 is 5.97 Å². The Morgan fingerprint density at radius 3 is 2.24 bits per heavy atom. The van der Waals surface area contributed by atoms with E-state index in [-0.39, 0.29) is 23.9 Å². The van der Waals surface area contributed by atoms with Crippen LogP contribution in [0, 0.1) is 5.92 Å². The highest BCUT2D eigenvalue weighted by Gasteiger charge is 2.41. The molecule has 0 aromatic heterocycles. The van der Waals surface area contributed by atoms with E-state index in [0.29, 0.717) is 0 Å². The van der Waals surface area contributed by atoms with Crippen molar-refractivity contribution in [3.8, 4) is 0 Å². The maximum Gasteiger partial charge on any atom is 0.328 e. The average Bonchev–Trinajstić information content (AvgIpc) is 2.48. The van der Waals surface area contributed by atoms with Crippen LogP contribution in [-0.2, 0) is 9.59 Å². The second-order valence-electron chi connectivity index (χ2n) is 5.33. The number of carboxylic acids is 1. The van der Waals surface area contributed by atoms with Crippen LogP contribution in [0.1, 0.15) is 39.5 Å². The van der Waals surface area contributed by atoms with Crippen molar-refractivity contribution in [3.63, 3.8) is 0 Å². The van der Waals surface area contributed by atoms with E-state index >= 15 is 0 Å². The van der Waals surface area contributed by atoms with Crippen molar-refractivity contribution in [2.75, 3.05) is 0 Å². The van der Waals surface area contributed by atoms with Gasteiger partial charge in [0.2, 0.25) is 5.91 Å². The van der Waals surface area contributed by atoms with E-state index < -0.39 is 5.97 Å². The van der Waals surface area contributed by atoms with Crippen molar-refractivity contribution in [2.24, 2.45) is 5.92 Å². The summed E-state index contributed by atoms with van der Waals surface area (Å²) in [6, 6.07) is 0.462. The predicted molar refractivity (Wildman–Crippen MR) is 63.4 cm³/mol. The molecular weight excluding hydrogens is 218 g/mol. The number of carbonyl (C=O) groups excluding carboxylic acids is 1. The summed E-state index contributed by atoms with van der Waals surface area (Å²) in [4.78, 5) is 24.7. The molecule has 0 radical (unpaired) electrons. The molecule has 94 valence electrons. The molecule has 2 atom stereocenters. The SMILES string of the molecule is CC(C)C(=O)N1C2CCC1CC(=CC(=O)O)C2. The first-order valence-electron chi connectivity index (χ1n) is 6.23. The molecule has 17 heavy (non-hydrogen) atoms. The quantitative estimate of drug-likeness (QED) is 0.745. The number of carbonyl (C=O) groups is 2. The molecule has 0 aromatic carbocycles. The van der Waals surface area contributed by atoms with Gasteiger partial charge in [0, 0.05) is 24.1 Å². The Kier molecular flexibility index (Phi) is 3.22. The number of amides is 1. The summed E-state index contributed by atoms with van der Waals surface area (Å²) in [6.45, 7) is 3.84. The highest BCUT2D eigenvalue weighted by Crippen LogP contribution is 2.39. The molecule has 0 spiro atoms. The normalized spacial score (nSPS) is 27.5. The van der Waals surface area contributed by atoms with Gasteiger partial charge in [0.1, 0.15) is 0 Å². The highest BCUT2D eigenvalue weighted by atomic mass is 16.4. The third kappa shape index (κ3) is 2.35. The summed E-state index contributed by atoms with van der Waals surface area (Å²) in [7, 11) is 0.